The monoisotopic (exact) mass is 302 g/mol. The topological polar surface area (TPSA) is 119 Å². The van der Waals surface area contributed by atoms with E-state index >= 15 is 0 Å². The van der Waals surface area contributed by atoms with Gasteiger partial charge in [-0.3, -0.25) is 15.5 Å². The summed E-state index contributed by atoms with van der Waals surface area (Å²) in [5, 5.41) is 14.3. The van der Waals surface area contributed by atoms with Crippen molar-refractivity contribution in [2.45, 2.75) is 5.25 Å². The SMILES string of the molecule is NNc1ncc([N+](=O)[O-])c(NCC2CSCCS2)n1. The molecule has 1 atom stereocenters. The average Bonchev–Trinajstić information content (AvgIpc) is 2.45. The third-order valence-corrected chi connectivity index (χ3v) is 5.32. The minimum atomic E-state index is -0.509. The first-order valence-electron chi connectivity index (χ1n) is 5.62. The molecule has 1 aliphatic rings. The lowest BCUT2D eigenvalue weighted by molar-refractivity contribution is -0.384. The molecule has 0 aliphatic carbocycles. The number of hydrogen-bond donors (Lipinski definition) is 3. The number of nitrogens with two attached hydrogens (primary N) is 1. The fourth-order valence-corrected chi connectivity index (χ4v) is 4.19. The molecule has 1 aromatic rings. The van der Waals surface area contributed by atoms with Gasteiger partial charge in [-0.1, -0.05) is 0 Å². The second kappa shape index (κ2) is 6.78. The molecule has 2 rings (SSSR count). The van der Waals surface area contributed by atoms with Gasteiger partial charge in [0.15, 0.2) is 0 Å². The standard InChI is InChI=1S/C9H14N6O2S2/c10-14-9-12-4-7(15(16)17)8(13-9)11-3-6-5-18-1-2-19-6/h4,6H,1-3,5,10H2,(H2,11,12,13,14). The molecule has 19 heavy (non-hydrogen) atoms. The summed E-state index contributed by atoms with van der Waals surface area (Å²) < 4.78 is 0. The van der Waals surface area contributed by atoms with E-state index in [2.05, 4.69) is 20.7 Å². The third-order valence-electron chi connectivity index (χ3n) is 2.48. The summed E-state index contributed by atoms with van der Waals surface area (Å²) in [5.41, 5.74) is 2.13. The van der Waals surface area contributed by atoms with E-state index in [1.807, 2.05) is 23.5 Å². The number of thioether (sulfide) groups is 2. The average molecular weight is 302 g/mol. The summed E-state index contributed by atoms with van der Waals surface area (Å²) in [5.74, 6) is 8.87. The molecule has 1 fully saturated rings. The molecule has 10 heteroatoms. The molecule has 1 unspecified atom stereocenters. The number of rotatable bonds is 5. The molecule has 0 aromatic carbocycles. The molecule has 1 aliphatic heterocycles. The van der Waals surface area contributed by atoms with Gasteiger partial charge in [-0.05, 0) is 0 Å². The van der Waals surface area contributed by atoms with Crippen molar-refractivity contribution in [3.63, 3.8) is 0 Å². The number of anilines is 2. The van der Waals surface area contributed by atoms with Gasteiger partial charge in [-0.2, -0.15) is 28.5 Å². The first kappa shape index (κ1) is 14.2. The summed E-state index contributed by atoms with van der Waals surface area (Å²) in [6.07, 6.45) is 1.15. The molecule has 0 saturated carbocycles. The molecule has 2 heterocycles. The van der Waals surface area contributed by atoms with E-state index in [1.54, 1.807) is 0 Å². The number of aromatic nitrogens is 2. The van der Waals surface area contributed by atoms with Gasteiger partial charge in [0.05, 0.1) is 4.92 Å². The van der Waals surface area contributed by atoms with E-state index in [9.17, 15) is 10.1 Å². The number of nitrogens with one attached hydrogen (secondary N) is 2. The maximum atomic E-state index is 10.9. The van der Waals surface area contributed by atoms with E-state index in [1.165, 1.54) is 0 Å². The first-order chi connectivity index (χ1) is 9.20. The van der Waals surface area contributed by atoms with E-state index < -0.39 is 4.92 Å². The Morgan fingerprint density at radius 3 is 3.05 bits per heavy atom. The van der Waals surface area contributed by atoms with Gasteiger partial charge in [0.1, 0.15) is 6.20 Å². The fourth-order valence-electron chi connectivity index (χ4n) is 1.57. The zero-order valence-electron chi connectivity index (χ0n) is 10.0. The highest BCUT2D eigenvalue weighted by molar-refractivity contribution is 8.06. The van der Waals surface area contributed by atoms with Crippen LogP contribution in [0, 0.1) is 10.1 Å². The molecule has 0 spiro atoms. The van der Waals surface area contributed by atoms with Gasteiger partial charge < -0.3 is 5.32 Å². The normalized spacial score (nSPS) is 18.9. The van der Waals surface area contributed by atoms with Crippen molar-refractivity contribution in [1.82, 2.24) is 9.97 Å². The lowest BCUT2D eigenvalue weighted by Crippen LogP contribution is -2.24. The number of nitro groups is 1. The lowest BCUT2D eigenvalue weighted by atomic mass is 10.4. The molecule has 0 bridgehead atoms. The van der Waals surface area contributed by atoms with Crippen molar-refractivity contribution in [3.05, 3.63) is 16.3 Å². The summed E-state index contributed by atoms with van der Waals surface area (Å²) >= 11 is 3.77. The van der Waals surface area contributed by atoms with Crippen LogP contribution >= 0.6 is 23.5 Å². The molecular weight excluding hydrogens is 288 g/mol. The zero-order valence-corrected chi connectivity index (χ0v) is 11.7. The Hall–Kier alpha value is -1.26. The van der Waals surface area contributed by atoms with Crippen LogP contribution in [0.1, 0.15) is 0 Å². The molecule has 4 N–H and O–H groups in total. The minimum absolute atomic E-state index is 0.146. The zero-order chi connectivity index (χ0) is 13.7. The van der Waals surface area contributed by atoms with Crippen molar-refractivity contribution < 1.29 is 4.92 Å². The Kier molecular flexibility index (Phi) is 5.05. The Bertz CT molecular complexity index is 454. The molecule has 0 radical (unpaired) electrons. The van der Waals surface area contributed by atoms with Crippen LogP contribution in [-0.2, 0) is 0 Å². The number of hydrazine groups is 1. The van der Waals surface area contributed by atoms with E-state index in [-0.39, 0.29) is 17.5 Å². The van der Waals surface area contributed by atoms with Crippen molar-refractivity contribution in [1.29, 1.82) is 0 Å². The minimum Gasteiger partial charge on any atom is -0.363 e. The Morgan fingerprint density at radius 2 is 2.42 bits per heavy atom. The highest BCUT2D eigenvalue weighted by Gasteiger charge is 2.19. The third kappa shape index (κ3) is 3.85. The van der Waals surface area contributed by atoms with E-state index in [0.29, 0.717) is 11.8 Å². The maximum Gasteiger partial charge on any atom is 0.329 e. The van der Waals surface area contributed by atoms with Crippen molar-refractivity contribution in [3.8, 4) is 0 Å². The fraction of sp³-hybridized carbons (Fsp3) is 0.556. The van der Waals surface area contributed by atoms with Gasteiger partial charge in [0, 0.05) is 29.1 Å². The first-order valence-corrected chi connectivity index (χ1v) is 7.82. The lowest BCUT2D eigenvalue weighted by Gasteiger charge is -2.21. The Labute approximate surface area is 118 Å². The van der Waals surface area contributed by atoms with Gasteiger partial charge in [-0.25, -0.2) is 10.8 Å². The van der Waals surface area contributed by atoms with Gasteiger partial charge >= 0.3 is 5.69 Å². The largest absolute Gasteiger partial charge is 0.363 e. The van der Waals surface area contributed by atoms with Crippen LogP contribution in [0.3, 0.4) is 0 Å². The molecule has 104 valence electrons. The van der Waals surface area contributed by atoms with Gasteiger partial charge in [-0.15, -0.1) is 0 Å². The second-order valence-electron chi connectivity index (χ2n) is 3.78. The van der Waals surface area contributed by atoms with Crippen LogP contribution in [0.4, 0.5) is 17.5 Å². The van der Waals surface area contributed by atoms with Crippen LogP contribution in [0.5, 0.6) is 0 Å². The highest BCUT2D eigenvalue weighted by atomic mass is 32.2. The molecule has 8 nitrogen and oxygen atoms in total. The Balaban J connectivity index is 2.06. The number of hydrogen-bond acceptors (Lipinski definition) is 9. The van der Waals surface area contributed by atoms with E-state index in [4.69, 9.17) is 5.84 Å². The maximum absolute atomic E-state index is 10.9. The summed E-state index contributed by atoms with van der Waals surface area (Å²) in [7, 11) is 0. The van der Waals surface area contributed by atoms with Gasteiger partial charge in [0.2, 0.25) is 11.8 Å². The predicted molar refractivity (Wildman–Crippen MR) is 78.6 cm³/mol. The van der Waals surface area contributed by atoms with Gasteiger partial charge in [0.25, 0.3) is 0 Å². The van der Waals surface area contributed by atoms with Crippen molar-refractivity contribution >= 4 is 41.0 Å². The van der Waals surface area contributed by atoms with Crippen molar-refractivity contribution in [2.75, 3.05) is 34.5 Å². The summed E-state index contributed by atoms with van der Waals surface area (Å²) in [6, 6.07) is 0. The Morgan fingerprint density at radius 1 is 1.58 bits per heavy atom. The number of nitrogen functional groups attached to an aromatic ring is 1. The number of nitrogens with zero attached hydrogens (tertiary/aromatic N) is 3. The van der Waals surface area contributed by atoms with Crippen LogP contribution in [0.2, 0.25) is 0 Å². The summed E-state index contributed by atoms with van der Waals surface area (Å²) in [6.45, 7) is 0.638. The highest BCUT2D eigenvalue weighted by Crippen LogP contribution is 2.26. The summed E-state index contributed by atoms with van der Waals surface area (Å²) in [4.78, 5) is 18.1. The smallest absolute Gasteiger partial charge is 0.329 e. The molecular formula is C9H14N6O2S2. The predicted octanol–water partition coefficient (Wildman–Crippen LogP) is 0.931. The van der Waals surface area contributed by atoms with E-state index in [0.717, 1.165) is 23.5 Å². The second-order valence-corrected chi connectivity index (χ2v) is 6.34. The van der Waals surface area contributed by atoms with Crippen molar-refractivity contribution in [2.24, 2.45) is 5.84 Å². The molecule has 1 saturated heterocycles. The quantitative estimate of drug-likeness (QED) is 0.414. The van der Waals surface area contributed by atoms with Crippen LogP contribution in [0.15, 0.2) is 6.20 Å². The molecule has 1 aromatic heterocycles. The van der Waals surface area contributed by atoms with Crippen LogP contribution < -0.4 is 16.6 Å². The van der Waals surface area contributed by atoms with Crippen LogP contribution in [-0.4, -0.2) is 43.9 Å². The molecule has 0 amide bonds. The van der Waals surface area contributed by atoms with Crippen LogP contribution in [0.25, 0.3) is 0 Å².